The van der Waals surface area contributed by atoms with E-state index in [4.69, 9.17) is 0 Å². The molecule has 1 aliphatic rings. The second-order valence-electron chi connectivity index (χ2n) is 3.97. The highest BCUT2D eigenvalue weighted by Gasteiger charge is 2.19. The van der Waals surface area contributed by atoms with Crippen LogP contribution in [0.25, 0.3) is 10.8 Å². The van der Waals surface area contributed by atoms with Gasteiger partial charge in [-0.2, -0.15) is 0 Å². The summed E-state index contributed by atoms with van der Waals surface area (Å²) in [7, 11) is 0. The molecule has 0 unspecified atom stereocenters. The summed E-state index contributed by atoms with van der Waals surface area (Å²) in [6.07, 6.45) is 1.22. The van der Waals surface area contributed by atoms with E-state index in [1.54, 1.807) is 0 Å². The Balaban J connectivity index is 2.51. The summed E-state index contributed by atoms with van der Waals surface area (Å²) in [6.45, 7) is 2.31. The molecular formula is C13H12. The average Bonchev–Trinajstić information content (AvgIpc) is 2.47. The number of hydrogen-bond acceptors (Lipinski definition) is 0. The minimum Gasteiger partial charge on any atom is -0.0614 e. The second-order valence-corrected chi connectivity index (χ2v) is 3.97. The second kappa shape index (κ2) is 2.35. The maximum Gasteiger partial charge on any atom is -0.0117 e. The van der Waals surface area contributed by atoms with Crippen LogP contribution in [0.4, 0.5) is 0 Å². The Hall–Kier alpha value is -1.30. The lowest BCUT2D eigenvalue weighted by atomic mass is 10.0. The van der Waals surface area contributed by atoms with Crippen molar-refractivity contribution in [2.24, 2.45) is 0 Å². The van der Waals surface area contributed by atoms with Crippen molar-refractivity contribution < 1.29 is 0 Å². The minimum atomic E-state index is 0.709. The molecule has 2 aromatic carbocycles. The zero-order valence-corrected chi connectivity index (χ0v) is 7.75. The molecule has 0 spiro atoms. The third-order valence-corrected chi connectivity index (χ3v) is 3.08. The SMILES string of the molecule is C[C@@H]1Cc2cccc3cccc1c23. The van der Waals surface area contributed by atoms with Crippen LogP contribution in [0.2, 0.25) is 0 Å². The van der Waals surface area contributed by atoms with Crippen molar-refractivity contribution in [1.82, 2.24) is 0 Å². The zero-order chi connectivity index (χ0) is 8.84. The summed E-state index contributed by atoms with van der Waals surface area (Å²) >= 11 is 0. The Bertz CT molecular complexity index is 463. The summed E-state index contributed by atoms with van der Waals surface area (Å²) < 4.78 is 0. The summed E-state index contributed by atoms with van der Waals surface area (Å²) in [5, 5.41) is 2.91. The van der Waals surface area contributed by atoms with Gasteiger partial charge in [-0.1, -0.05) is 43.3 Å². The Morgan fingerprint density at radius 2 is 1.85 bits per heavy atom. The molecule has 1 atom stereocenters. The first kappa shape index (κ1) is 7.14. The fraction of sp³-hybridized carbons (Fsp3) is 0.231. The van der Waals surface area contributed by atoms with Crippen LogP contribution in [0.5, 0.6) is 0 Å². The van der Waals surface area contributed by atoms with Gasteiger partial charge in [0.05, 0.1) is 0 Å². The summed E-state index contributed by atoms with van der Waals surface area (Å²) in [4.78, 5) is 0. The molecule has 0 nitrogen and oxygen atoms in total. The van der Waals surface area contributed by atoms with Gasteiger partial charge in [-0.25, -0.2) is 0 Å². The highest BCUT2D eigenvalue weighted by molar-refractivity contribution is 5.91. The molecule has 64 valence electrons. The van der Waals surface area contributed by atoms with Gasteiger partial charge in [0.1, 0.15) is 0 Å². The van der Waals surface area contributed by atoms with E-state index in [1.807, 2.05) is 0 Å². The Morgan fingerprint density at radius 3 is 2.69 bits per heavy atom. The van der Waals surface area contributed by atoms with Crippen molar-refractivity contribution in [1.29, 1.82) is 0 Å². The number of benzene rings is 2. The molecule has 1 aliphatic carbocycles. The van der Waals surface area contributed by atoms with Gasteiger partial charge in [0.15, 0.2) is 0 Å². The molecule has 0 aliphatic heterocycles. The monoisotopic (exact) mass is 168 g/mol. The predicted octanol–water partition coefficient (Wildman–Crippen LogP) is 3.50. The van der Waals surface area contributed by atoms with Gasteiger partial charge in [0, 0.05) is 0 Å². The van der Waals surface area contributed by atoms with Crippen LogP contribution in [0.15, 0.2) is 36.4 Å². The van der Waals surface area contributed by atoms with Crippen LogP contribution in [0, 0.1) is 0 Å². The summed E-state index contributed by atoms with van der Waals surface area (Å²) in [5.74, 6) is 0.709. The van der Waals surface area contributed by atoms with Gasteiger partial charge in [-0.05, 0) is 34.2 Å². The normalized spacial score (nSPS) is 19.6. The smallest absolute Gasteiger partial charge is 0.0117 e. The third kappa shape index (κ3) is 0.859. The van der Waals surface area contributed by atoms with Gasteiger partial charge in [0.25, 0.3) is 0 Å². The first-order chi connectivity index (χ1) is 6.36. The van der Waals surface area contributed by atoms with E-state index in [-0.39, 0.29) is 0 Å². The summed E-state index contributed by atoms with van der Waals surface area (Å²) in [6, 6.07) is 13.3. The van der Waals surface area contributed by atoms with Crippen LogP contribution in [-0.2, 0) is 6.42 Å². The molecule has 0 fully saturated rings. The van der Waals surface area contributed by atoms with Crippen molar-refractivity contribution in [3.8, 4) is 0 Å². The molecule has 0 N–H and O–H groups in total. The van der Waals surface area contributed by atoms with E-state index < -0.39 is 0 Å². The lowest BCUT2D eigenvalue weighted by Crippen LogP contribution is -1.86. The maximum atomic E-state index is 2.31. The van der Waals surface area contributed by atoms with Gasteiger partial charge in [0.2, 0.25) is 0 Å². The molecule has 13 heavy (non-hydrogen) atoms. The predicted molar refractivity (Wildman–Crippen MR) is 56.1 cm³/mol. The molecule has 0 saturated carbocycles. The van der Waals surface area contributed by atoms with Gasteiger partial charge in [-0.15, -0.1) is 0 Å². The fourth-order valence-corrected chi connectivity index (χ4v) is 2.47. The molecule has 0 bridgehead atoms. The van der Waals surface area contributed by atoms with Crippen LogP contribution < -0.4 is 0 Å². The van der Waals surface area contributed by atoms with E-state index in [0.717, 1.165) is 0 Å². The lowest BCUT2D eigenvalue weighted by Gasteiger charge is -2.02. The molecule has 0 saturated heterocycles. The molecule has 0 heterocycles. The molecule has 3 rings (SSSR count). The van der Waals surface area contributed by atoms with Gasteiger partial charge in [-0.3, -0.25) is 0 Å². The van der Waals surface area contributed by atoms with Crippen molar-refractivity contribution in [2.45, 2.75) is 19.3 Å². The van der Waals surface area contributed by atoms with Gasteiger partial charge < -0.3 is 0 Å². The first-order valence-corrected chi connectivity index (χ1v) is 4.87. The average molecular weight is 168 g/mol. The topological polar surface area (TPSA) is 0 Å². The van der Waals surface area contributed by atoms with E-state index in [2.05, 4.69) is 43.3 Å². The van der Waals surface area contributed by atoms with E-state index in [0.29, 0.717) is 5.92 Å². The number of rotatable bonds is 0. The van der Waals surface area contributed by atoms with Crippen molar-refractivity contribution in [3.05, 3.63) is 47.5 Å². The zero-order valence-electron chi connectivity index (χ0n) is 7.75. The number of hydrogen-bond donors (Lipinski definition) is 0. The maximum absolute atomic E-state index is 2.31. The first-order valence-electron chi connectivity index (χ1n) is 4.87. The van der Waals surface area contributed by atoms with Crippen LogP contribution >= 0.6 is 0 Å². The molecule has 2 aromatic rings. The van der Waals surface area contributed by atoms with Crippen LogP contribution in [0.3, 0.4) is 0 Å². The molecule has 0 amide bonds. The highest BCUT2D eigenvalue weighted by atomic mass is 14.2. The van der Waals surface area contributed by atoms with E-state index in [1.165, 1.54) is 28.3 Å². The molecule has 0 heteroatoms. The highest BCUT2D eigenvalue weighted by Crippen LogP contribution is 2.37. The largest absolute Gasteiger partial charge is 0.0614 e. The Kier molecular flexibility index (Phi) is 1.29. The lowest BCUT2D eigenvalue weighted by molar-refractivity contribution is 0.798. The van der Waals surface area contributed by atoms with Crippen molar-refractivity contribution >= 4 is 10.8 Å². The third-order valence-electron chi connectivity index (χ3n) is 3.08. The Labute approximate surface area is 78.2 Å². The standard InChI is InChI=1S/C13H12/c1-9-8-11-6-2-4-10-5-3-7-12(9)13(10)11/h2-7,9H,8H2,1H3/t9-/m1/s1. The van der Waals surface area contributed by atoms with E-state index >= 15 is 0 Å². The van der Waals surface area contributed by atoms with Crippen molar-refractivity contribution in [2.75, 3.05) is 0 Å². The summed E-state index contributed by atoms with van der Waals surface area (Å²) in [5.41, 5.74) is 3.06. The van der Waals surface area contributed by atoms with Crippen molar-refractivity contribution in [3.63, 3.8) is 0 Å². The van der Waals surface area contributed by atoms with E-state index in [9.17, 15) is 0 Å². The minimum absolute atomic E-state index is 0.709. The fourth-order valence-electron chi connectivity index (χ4n) is 2.47. The van der Waals surface area contributed by atoms with Crippen LogP contribution in [-0.4, -0.2) is 0 Å². The molecular weight excluding hydrogens is 156 g/mol. The Morgan fingerprint density at radius 1 is 1.08 bits per heavy atom. The van der Waals surface area contributed by atoms with Gasteiger partial charge >= 0.3 is 0 Å². The molecule has 0 aromatic heterocycles. The quantitative estimate of drug-likeness (QED) is 0.564. The molecule has 0 radical (unpaired) electrons. The van der Waals surface area contributed by atoms with Crippen LogP contribution in [0.1, 0.15) is 24.0 Å².